The van der Waals surface area contributed by atoms with E-state index in [9.17, 15) is 4.79 Å². The Hall–Kier alpha value is -2.35. The maximum atomic E-state index is 13.1. The minimum Gasteiger partial charge on any atom is -0.495 e. The van der Waals surface area contributed by atoms with Crippen LogP contribution in [0.4, 0.5) is 5.69 Å². The summed E-state index contributed by atoms with van der Waals surface area (Å²) in [7, 11) is 3.38. The van der Waals surface area contributed by atoms with Crippen molar-refractivity contribution in [3.05, 3.63) is 29.8 Å². The molecule has 2 heterocycles. The number of nitrogens with zero attached hydrogens (tertiary/aromatic N) is 5. The van der Waals surface area contributed by atoms with E-state index in [4.69, 9.17) is 4.74 Å². The fourth-order valence-electron chi connectivity index (χ4n) is 3.18. The summed E-state index contributed by atoms with van der Waals surface area (Å²) in [5.74, 6) is 0.909. The van der Waals surface area contributed by atoms with Gasteiger partial charge in [-0.3, -0.25) is 9.69 Å². The smallest absolute Gasteiger partial charge is 0.238 e. The Labute approximate surface area is 151 Å². The largest absolute Gasteiger partial charge is 0.495 e. The molecule has 0 saturated heterocycles. The van der Waals surface area contributed by atoms with E-state index >= 15 is 0 Å². The molecule has 0 saturated carbocycles. The second-order valence-corrected chi connectivity index (χ2v) is 7.38. The quantitative estimate of drug-likeness (QED) is 0.781. The zero-order valence-electron chi connectivity index (χ0n) is 15.0. The molecule has 0 spiro atoms. The Kier molecular flexibility index (Phi) is 4.55. The number of rotatable bonds is 4. The van der Waals surface area contributed by atoms with E-state index in [-0.39, 0.29) is 11.7 Å². The van der Waals surface area contributed by atoms with E-state index in [0.29, 0.717) is 10.9 Å². The van der Waals surface area contributed by atoms with Gasteiger partial charge in [0.15, 0.2) is 0 Å². The lowest BCUT2D eigenvalue weighted by Gasteiger charge is -2.42. The normalized spacial score (nSPS) is 15.6. The Bertz CT molecular complexity index is 843. The summed E-state index contributed by atoms with van der Waals surface area (Å²) >= 11 is 1.32. The molecule has 2 aromatic rings. The Balaban J connectivity index is 1.97. The molecule has 0 fully saturated rings. The van der Waals surface area contributed by atoms with E-state index in [1.165, 1.54) is 11.8 Å². The first-order valence-electron chi connectivity index (χ1n) is 7.90. The predicted octanol–water partition coefficient (Wildman–Crippen LogP) is 2.54. The van der Waals surface area contributed by atoms with Crippen LogP contribution >= 0.6 is 11.8 Å². The second kappa shape index (κ2) is 6.51. The molecule has 1 aliphatic heterocycles. The van der Waals surface area contributed by atoms with E-state index in [0.717, 1.165) is 16.8 Å². The van der Waals surface area contributed by atoms with E-state index in [1.54, 1.807) is 18.8 Å². The van der Waals surface area contributed by atoms with Gasteiger partial charge in [0, 0.05) is 12.6 Å². The van der Waals surface area contributed by atoms with Gasteiger partial charge in [-0.15, -0.1) is 5.10 Å². The van der Waals surface area contributed by atoms with Crippen LogP contribution in [0.15, 0.2) is 29.4 Å². The maximum absolute atomic E-state index is 13.1. The molecule has 0 radical (unpaired) electrons. The van der Waals surface area contributed by atoms with Gasteiger partial charge in [-0.05, 0) is 42.8 Å². The first kappa shape index (κ1) is 17.5. The number of fused-ring (bicyclic) bond motifs is 1. The lowest BCUT2D eigenvalue weighted by Crippen LogP contribution is -2.50. The van der Waals surface area contributed by atoms with Gasteiger partial charge in [0.1, 0.15) is 5.75 Å². The monoisotopic (exact) mass is 359 g/mol. The summed E-state index contributed by atoms with van der Waals surface area (Å²) in [4.78, 5) is 14.9. The third-order valence-electron chi connectivity index (χ3n) is 4.17. The summed E-state index contributed by atoms with van der Waals surface area (Å²) < 4.78 is 7.09. The number of ether oxygens (including phenoxy) is 1. The molecule has 1 aliphatic rings. The number of hydrogen-bond donors (Lipinski definition) is 0. The van der Waals surface area contributed by atoms with Crippen LogP contribution in [0.25, 0.3) is 5.57 Å². The van der Waals surface area contributed by atoms with Gasteiger partial charge in [0.05, 0.1) is 24.1 Å². The number of thioether (sulfide) groups is 1. The van der Waals surface area contributed by atoms with Crippen molar-refractivity contribution in [2.24, 2.45) is 7.05 Å². The highest BCUT2D eigenvalue weighted by molar-refractivity contribution is 7.99. The average Bonchev–Trinajstić information content (AvgIpc) is 2.96. The van der Waals surface area contributed by atoms with Crippen molar-refractivity contribution < 1.29 is 9.53 Å². The zero-order chi connectivity index (χ0) is 18.2. The number of amides is 1. The molecule has 25 heavy (non-hydrogen) atoms. The molecule has 0 aliphatic carbocycles. The van der Waals surface area contributed by atoms with E-state index < -0.39 is 5.54 Å². The fourth-order valence-corrected chi connectivity index (χ4v) is 3.88. The zero-order valence-corrected chi connectivity index (χ0v) is 15.8. The number of para-hydroxylation sites is 1. The maximum Gasteiger partial charge on any atom is 0.238 e. The molecular formula is C17H21N5O2S. The summed E-state index contributed by atoms with van der Waals surface area (Å²) in [5, 5.41) is 11.9. The minimum absolute atomic E-state index is 0.0208. The molecule has 8 heteroatoms. The predicted molar refractivity (Wildman–Crippen MR) is 97.7 cm³/mol. The van der Waals surface area contributed by atoms with Crippen LogP contribution in [0.3, 0.4) is 0 Å². The van der Waals surface area contributed by atoms with Crippen LogP contribution < -0.4 is 9.64 Å². The van der Waals surface area contributed by atoms with Gasteiger partial charge >= 0.3 is 0 Å². The number of tetrazole rings is 1. The first-order valence-corrected chi connectivity index (χ1v) is 8.89. The van der Waals surface area contributed by atoms with Gasteiger partial charge in [-0.1, -0.05) is 30.0 Å². The lowest BCUT2D eigenvalue weighted by atomic mass is 9.88. The van der Waals surface area contributed by atoms with Crippen LogP contribution in [0.2, 0.25) is 0 Å². The molecule has 132 valence electrons. The number of allylic oxidation sites excluding steroid dienone is 1. The number of anilines is 1. The number of aromatic nitrogens is 4. The lowest BCUT2D eigenvalue weighted by molar-refractivity contribution is -0.116. The summed E-state index contributed by atoms with van der Waals surface area (Å²) in [6.45, 7) is 6.11. The average molecular weight is 359 g/mol. The third kappa shape index (κ3) is 3.13. The Morgan fingerprint density at radius 1 is 1.36 bits per heavy atom. The number of carbonyl (C=O) groups excluding carboxylic acids is 1. The van der Waals surface area contributed by atoms with Gasteiger partial charge in [-0.25, -0.2) is 4.68 Å². The van der Waals surface area contributed by atoms with Gasteiger partial charge in [0.2, 0.25) is 11.1 Å². The molecule has 0 bridgehead atoms. The van der Waals surface area contributed by atoms with Crippen molar-refractivity contribution in [1.82, 2.24) is 20.2 Å². The van der Waals surface area contributed by atoms with Crippen LogP contribution in [0, 0.1) is 0 Å². The van der Waals surface area contributed by atoms with Crippen LogP contribution in [0.5, 0.6) is 5.75 Å². The standard InChI is InChI=1S/C17H21N5O2S/c1-11-9-17(2,3)22(15-12(11)7-6-8-13(15)24-5)14(23)10-25-16-18-19-20-21(16)4/h6-9H,10H2,1-5H3. The van der Waals surface area contributed by atoms with Crippen molar-refractivity contribution in [3.8, 4) is 5.75 Å². The van der Waals surface area contributed by atoms with Crippen LogP contribution in [0.1, 0.15) is 26.3 Å². The number of carbonyl (C=O) groups is 1. The Morgan fingerprint density at radius 2 is 2.12 bits per heavy atom. The van der Waals surface area contributed by atoms with Gasteiger partial charge in [0.25, 0.3) is 0 Å². The molecular weight excluding hydrogens is 338 g/mol. The van der Waals surface area contributed by atoms with Crippen molar-refractivity contribution >= 4 is 28.9 Å². The van der Waals surface area contributed by atoms with Crippen LogP contribution in [-0.2, 0) is 11.8 Å². The highest BCUT2D eigenvalue weighted by Crippen LogP contribution is 2.44. The highest BCUT2D eigenvalue weighted by atomic mass is 32.2. The molecule has 1 aromatic heterocycles. The molecule has 1 aromatic carbocycles. The molecule has 3 rings (SSSR count). The minimum atomic E-state index is -0.457. The van der Waals surface area contributed by atoms with Crippen molar-refractivity contribution in [2.75, 3.05) is 17.8 Å². The summed E-state index contributed by atoms with van der Waals surface area (Å²) in [6.07, 6.45) is 2.11. The van der Waals surface area contributed by atoms with Gasteiger partial charge in [-0.2, -0.15) is 0 Å². The molecule has 7 nitrogen and oxygen atoms in total. The van der Waals surface area contributed by atoms with Crippen molar-refractivity contribution in [3.63, 3.8) is 0 Å². The number of benzene rings is 1. The summed E-state index contributed by atoms with van der Waals surface area (Å²) in [5.41, 5.74) is 2.50. The first-order chi connectivity index (χ1) is 11.8. The number of aryl methyl sites for hydroxylation is 1. The van der Waals surface area contributed by atoms with E-state index in [1.807, 2.05) is 36.9 Å². The molecule has 0 atom stereocenters. The van der Waals surface area contributed by atoms with E-state index in [2.05, 4.69) is 28.5 Å². The highest BCUT2D eigenvalue weighted by Gasteiger charge is 2.37. The van der Waals surface area contributed by atoms with Crippen molar-refractivity contribution in [1.29, 1.82) is 0 Å². The number of hydrogen-bond acceptors (Lipinski definition) is 6. The second-order valence-electron chi connectivity index (χ2n) is 6.44. The van der Waals surface area contributed by atoms with Gasteiger partial charge < -0.3 is 4.74 Å². The fraction of sp³-hybridized carbons (Fsp3) is 0.412. The van der Waals surface area contributed by atoms with Crippen LogP contribution in [-0.4, -0.2) is 44.5 Å². The molecule has 0 unspecified atom stereocenters. The molecule has 0 N–H and O–H groups in total. The third-order valence-corrected chi connectivity index (χ3v) is 5.16. The summed E-state index contributed by atoms with van der Waals surface area (Å²) in [6, 6.07) is 5.84. The number of methoxy groups -OCH3 is 1. The SMILES string of the molecule is COc1cccc2c1N(C(=O)CSc1nnnn1C)C(C)(C)C=C2C. The Morgan fingerprint density at radius 3 is 2.76 bits per heavy atom. The molecule has 1 amide bonds. The topological polar surface area (TPSA) is 73.1 Å². The van der Waals surface area contributed by atoms with Crippen molar-refractivity contribution in [2.45, 2.75) is 31.5 Å².